The Labute approximate surface area is 177 Å². The molecule has 9 nitrogen and oxygen atoms in total. The van der Waals surface area contributed by atoms with E-state index in [1.165, 1.54) is 11.8 Å². The number of nitro groups is 1. The van der Waals surface area contributed by atoms with Crippen molar-refractivity contribution in [2.24, 2.45) is 0 Å². The maximum atomic E-state index is 12.4. The third kappa shape index (κ3) is 8.86. The van der Waals surface area contributed by atoms with Crippen molar-refractivity contribution in [3.8, 4) is 0 Å². The van der Waals surface area contributed by atoms with Crippen molar-refractivity contribution in [1.29, 1.82) is 0 Å². The Bertz CT molecular complexity index is 809. The molecule has 0 aliphatic carbocycles. The van der Waals surface area contributed by atoms with E-state index in [9.17, 15) is 37.7 Å². The second-order valence-corrected chi connectivity index (χ2v) is 7.12. The van der Waals surface area contributed by atoms with Crippen molar-refractivity contribution in [3.63, 3.8) is 0 Å². The number of hydrogen-bond donors (Lipinski definition) is 2. The molecule has 14 heteroatoms. The van der Waals surface area contributed by atoms with Crippen molar-refractivity contribution < 1.29 is 37.2 Å². The molecule has 2 amide bonds. The van der Waals surface area contributed by atoms with Gasteiger partial charge in [-0.25, -0.2) is 4.79 Å². The molecule has 0 saturated carbocycles. The largest absolute Gasteiger partial charge is 0.454 e. The zero-order chi connectivity index (χ0) is 22.9. The minimum absolute atomic E-state index is 0.0977. The number of ether oxygens (including phenoxy) is 1. The minimum Gasteiger partial charge on any atom is -0.454 e. The van der Waals surface area contributed by atoms with E-state index in [0.29, 0.717) is 5.75 Å². The number of alkyl halides is 3. The van der Waals surface area contributed by atoms with E-state index in [0.717, 1.165) is 18.2 Å². The Hall–Kier alpha value is -2.54. The number of carbonyl (C=O) groups excluding carboxylic acids is 3. The first-order valence-corrected chi connectivity index (χ1v) is 9.95. The summed E-state index contributed by atoms with van der Waals surface area (Å²) in [6.45, 7) is -2.53. The number of halogens is 4. The van der Waals surface area contributed by atoms with Gasteiger partial charge >= 0.3 is 12.1 Å². The van der Waals surface area contributed by atoms with Crippen LogP contribution < -0.4 is 10.6 Å². The standard InChI is InChI=1S/C16H17ClF3N3O6S/c1-30-5-4-12(15(26)29-7-13(24)21-8-16(18,19)20)22-14(25)10-3-2-9(23(27)28)6-11(10)17/h2-3,6,12H,4-5,7-8H2,1H3,(H,21,24)(H,22,25)/t12-/m0/s1. The number of thioether (sulfide) groups is 1. The summed E-state index contributed by atoms with van der Waals surface area (Å²) in [6, 6.07) is 1.92. The van der Waals surface area contributed by atoms with Gasteiger partial charge in [-0.3, -0.25) is 19.7 Å². The lowest BCUT2D eigenvalue weighted by Crippen LogP contribution is -2.44. The molecule has 0 unspecified atom stereocenters. The van der Waals surface area contributed by atoms with Crippen molar-refractivity contribution in [3.05, 3.63) is 38.9 Å². The summed E-state index contributed by atoms with van der Waals surface area (Å²) >= 11 is 7.23. The van der Waals surface area contributed by atoms with E-state index >= 15 is 0 Å². The van der Waals surface area contributed by atoms with Crippen LogP contribution in [-0.4, -0.2) is 60.1 Å². The van der Waals surface area contributed by atoms with Crippen LogP contribution >= 0.6 is 23.4 Å². The number of nitro benzene ring substituents is 1. The van der Waals surface area contributed by atoms with Gasteiger partial charge in [0.25, 0.3) is 17.5 Å². The highest BCUT2D eigenvalue weighted by Gasteiger charge is 2.29. The average molecular weight is 472 g/mol. The Morgan fingerprint density at radius 2 is 2.00 bits per heavy atom. The van der Waals surface area contributed by atoms with Gasteiger partial charge in [0.15, 0.2) is 6.61 Å². The molecular formula is C16H17ClF3N3O6S. The summed E-state index contributed by atoms with van der Waals surface area (Å²) in [6.07, 6.45) is -2.78. The molecule has 1 atom stereocenters. The number of carbonyl (C=O) groups is 3. The van der Waals surface area contributed by atoms with Gasteiger partial charge in [0, 0.05) is 12.1 Å². The maximum Gasteiger partial charge on any atom is 0.405 e. The third-order valence-corrected chi connectivity index (χ3v) is 4.40. The van der Waals surface area contributed by atoms with Crippen LogP contribution in [0.15, 0.2) is 18.2 Å². The maximum absolute atomic E-state index is 12.4. The van der Waals surface area contributed by atoms with E-state index in [4.69, 9.17) is 11.6 Å². The highest BCUT2D eigenvalue weighted by atomic mass is 35.5. The van der Waals surface area contributed by atoms with Crippen molar-refractivity contribution in [2.45, 2.75) is 18.6 Å². The van der Waals surface area contributed by atoms with Gasteiger partial charge in [-0.05, 0) is 24.5 Å². The normalized spacial score (nSPS) is 12.0. The molecule has 0 aliphatic heterocycles. The van der Waals surface area contributed by atoms with Crippen LogP contribution in [0.1, 0.15) is 16.8 Å². The SMILES string of the molecule is CSCC[C@H](NC(=O)c1ccc([N+](=O)[O-])cc1Cl)C(=O)OCC(=O)NCC(F)(F)F. The molecule has 0 saturated heterocycles. The van der Waals surface area contributed by atoms with Gasteiger partial charge in [-0.1, -0.05) is 11.6 Å². The predicted octanol–water partition coefficient (Wildman–Crippen LogP) is 2.32. The van der Waals surface area contributed by atoms with Gasteiger partial charge in [-0.15, -0.1) is 0 Å². The fourth-order valence-electron chi connectivity index (χ4n) is 2.01. The fourth-order valence-corrected chi connectivity index (χ4v) is 2.74. The highest BCUT2D eigenvalue weighted by molar-refractivity contribution is 7.98. The van der Waals surface area contributed by atoms with E-state index in [1.54, 1.807) is 11.6 Å². The lowest BCUT2D eigenvalue weighted by Gasteiger charge is -2.18. The van der Waals surface area contributed by atoms with Crippen molar-refractivity contribution in [1.82, 2.24) is 10.6 Å². The molecule has 0 aliphatic rings. The molecule has 30 heavy (non-hydrogen) atoms. The number of esters is 1. The lowest BCUT2D eigenvalue weighted by atomic mass is 10.1. The number of benzene rings is 1. The molecule has 1 rings (SSSR count). The topological polar surface area (TPSA) is 128 Å². The summed E-state index contributed by atoms with van der Waals surface area (Å²) in [7, 11) is 0. The smallest absolute Gasteiger partial charge is 0.405 e. The summed E-state index contributed by atoms with van der Waals surface area (Å²) in [5.41, 5.74) is -0.466. The van der Waals surface area contributed by atoms with E-state index in [-0.39, 0.29) is 22.7 Å². The van der Waals surface area contributed by atoms with E-state index in [1.807, 2.05) is 0 Å². The summed E-state index contributed by atoms with van der Waals surface area (Å²) in [5.74, 6) is -2.60. The molecular weight excluding hydrogens is 455 g/mol. The third-order valence-electron chi connectivity index (χ3n) is 3.44. The van der Waals surface area contributed by atoms with Gasteiger partial charge in [0.2, 0.25) is 0 Å². The molecule has 166 valence electrons. The number of nitrogens with one attached hydrogen (secondary N) is 2. The van der Waals surface area contributed by atoms with Crippen molar-refractivity contribution in [2.75, 3.05) is 25.2 Å². The molecule has 0 fully saturated rings. The number of amides is 2. The van der Waals surface area contributed by atoms with Gasteiger partial charge in [-0.2, -0.15) is 24.9 Å². The molecule has 1 aromatic carbocycles. The van der Waals surface area contributed by atoms with Crippen LogP contribution in [0.3, 0.4) is 0 Å². The molecule has 2 N–H and O–H groups in total. The summed E-state index contributed by atoms with van der Waals surface area (Å²) in [5, 5.41) is 14.4. The zero-order valence-corrected chi connectivity index (χ0v) is 17.0. The van der Waals surface area contributed by atoms with Crippen LogP contribution in [0, 0.1) is 10.1 Å². The molecule has 0 radical (unpaired) electrons. The van der Waals surface area contributed by atoms with Gasteiger partial charge in [0.05, 0.1) is 15.5 Å². The number of rotatable bonds is 10. The zero-order valence-electron chi connectivity index (χ0n) is 15.5. The monoisotopic (exact) mass is 471 g/mol. The number of hydrogen-bond acceptors (Lipinski definition) is 7. The van der Waals surface area contributed by atoms with Crippen LogP contribution in [0.5, 0.6) is 0 Å². The van der Waals surface area contributed by atoms with Crippen LogP contribution in [0.25, 0.3) is 0 Å². The van der Waals surface area contributed by atoms with Crippen LogP contribution in [-0.2, 0) is 14.3 Å². The first kappa shape index (κ1) is 25.5. The van der Waals surface area contributed by atoms with Crippen molar-refractivity contribution >= 4 is 46.8 Å². The molecule has 0 aromatic heterocycles. The Morgan fingerprint density at radius 3 is 2.53 bits per heavy atom. The van der Waals surface area contributed by atoms with E-state index < -0.39 is 48.1 Å². The average Bonchev–Trinajstić information content (AvgIpc) is 2.66. The first-order valence-electron chi connectivity index (χ1n) is 8.18. The van der Waals surface area contributed by atoms with Crippen LogP contribution in [0.2, 0.25) is 5.02 Å². The molecule has 0 bridgehead atoms. The fraction of sp³-hybridized carbons (Fsp3) is 0.438. The quantitative estimate of drug-likeness (QED) is 0.304. The van der Waals surface area contributed by atoms with Gasteiger partial charge < -0.3 is 15.4 Å². The predicted molar refractivity (Wildman–Crippen MR) is 102 cm³/mol. The highest BCUT2D eigenvalue weighted by Crippen LogP contribution is 2.22. The Kier molecular flexibility index (Phi) is 9.85. The first-order chi connectivity index (χ1) is 13.9. The summed E-state index contributed by atoms with van der Waals surface area (Å²) in [4.78, 5) is 46.0. The molecule has 0 heterocycles. The number of nitrogens with zero attached hydrogens (tertiary/aromatic N) is 1. The Balaban J connectivity index is 2.76. The summed E-state index contributed by atoms with van der Waals surface area (Å²) < 4.78 is 40.9. The van der Waals surface area contributed by atoms with Gasteiger partial charge in [0.1, 0.15) is 12.6 Å². The second-order valence-electron chi connectivity index (χ2n) is 5.73. The number of non-ortho nitro benzene ring substituents is 1. The second kappa shape index (κ2) is 11.6. The van der Waals surface area contributed by atoms with Crippen LogP contribution in [0.4, 0.5) is 18.9 Å². The minimum atomic E-state index is -4.61. The van der Waals surface area contributed by atoms with E-state index in [2.05, 4.69) is 10.1 Å². The lowest BCUT2D eigenvalue weighted by molar-refractivity contribution is -0.384. The Morgan fingerprint density at radius 1 is 1.33 bits per heavy atom. The molecule has 1 aromatic rings. The molecule has 0 spiro atoms.